The largest absolute Gasteiger partial charge is 0.391 e. The standard InChI is InChI=1S/C4H10N4O/c1-8-3(6)2(5)4(7)9/h8H,5-6H2,1H3,(H2,7,9). The van der Waals surface area contributed by atoms with Gasteiger partial charge in [0, 0.05) is 7.05 Å². The molecule has 0 rings (SSSR count). The number of hydrogen-bond donors (Lipinski definition) is 4. The fourth-order valence-electron chi connectivity index (χ4n) is 0.267. The van der Waals surface area contributed by atoms with Crippen LogP contribution in [0.2, 0.25) is 0 Å². The topological polar surface area (TPSA) is 107 Å². The number of amides is 1. The van der Waals surface area contributed by atoms with Gasteiger partial charge in [-0.2, -0.15) is 0 Å². The van der Waals surface area contributed by atoms with Crippen LogP contribution in [0, 0.1) is 0 Å². The summed E-state index contributed by atoms with van der Waals surface area (Å²) in [6.07, 6.45) is 0. The second-order valence-electron chi connectivity index (χ2n) is 1.44. The Morgan fingerprint density at radius 3 is 1.89 bits per heavy atom. The molecule has 5 heteroatoms. The Kier molecular flexibility index (Phi) is 2.37. The molecule has 0 spiro atoms. The summed E-state index contributed by atoms with van der Waals surface area (Å²) < 4.78 is 0. The van der Waals surface area contributed by atoms with Gasteiger partial charge in [0.05, 0.1) is 0 Å². The molecule has 0 aromatic rings. The predicted molar refractivity (Wildman–Crippen MR) is 33.7 cm³/mol. The van der Waals surface area contributed by atoms with Crippen molar-refractivity contribution in [2.24, 2.45) is 17.2 Å². The normalized spacial score (nSPS) is 12.1. The first-order valence-electron chi connectivity index (χ1n) is 2.32. The van der Waals surface area contributed by atoms with Crippen molar-refractivity contribution in [3.05, 3.63) is 11.5 Å². The number of hydrogen-bond acceptors (Lipinski definition) is 4. The second-order valence-corrected chi connectivity index (χ2v) is 1.44. The quantitative estimate of drug-likeness (QED) is 0.317. The van der Waals surface area contributed by atoms with Crippen molar-refractivity contribution in [1.29, 1.82) is 0 Å². The van der Waals surface area contributed by atoms with E-state index in [2.05, 4.69) is 5.32 Å². The third kappa shape index (κ3) is 1.89. The molecule has 52 valence electrons. The first-order valence-corrected chi connectivity index (χ1v) is 2.32. The van der Waals surface area contributed by atoms with Gasteiger partial charge in [-0.3, -0.25) is 4.79 Å². The molecular weight excluding hydrogens is 120 g/mol. The van der Waals surface area contributed by atoms with Gasteiger partial charge in [0.2, 0.25) is 0 Å². The van der Waals surface area contributed by atoms with Crippen LogP contribution in [0.3, 0.4) is 0 Å². The van der Waals surface area contributed by atoms with E-state index in [4.69, 9.17) is 17.2 Å². The van der Waals surface area contributed by atoms with Gasteiger partial charge < -0.3 is 22.5 Å². The third-order valence-corrected chi connectivity index (χ3v) is 0.825. The molecule has 0 aliphatic carbocycles. The van der Waals surface area contributed by atoms with Crippen LogP contribution >= 0.6 is 0 Å². The number of carbonyl (C=O) groups excluding carboxylic acids is 1. The lowest BCUT2D eigenvalue weighted by molar-refractivity contribution is -0.114. The molecule has 1 amide bonds. The average molecular weight is 130 g/mol. The second kappa shape index (κ2) is 2.81. The van der Waals surface area contributed by atoms with Gasteiger partial charge in [0.15, 0.2) is 0 Å². The van der Waals surface area contributed by atoms with Crippen molar-refractivity contribution in [3.8, 4) is 0 Å². The lowest BCUT2D eigenvalue weighted by Gasteiger charge is -2.00. The van der Waals surface area contributed by atoms with Crippen LogP contribution in [0.25, 0.3) is 0 Å². The third-order valence-electron chi connectivity index (χ3n) is 0.825. The summed E-state index contributed by atoms with van der Waals surface area (Å²) in [5.74, 6) is -0.621. The Balaban J connectivity index is 4.28. The van der Waals surface area contributed by atoms with Gasteiger partial charge in [-0.05, 0) is 0 Å². The Labute approximate surface area is 52.9 Å². The summed E-state index contributed by atoms with van der Waals surface area (Å²) in [7, 11) is 1.55. The molecule has 0 aromatic carbocycles. The molecular formula is C4H10N4O. The van der Waals surface area contributed by atoms with Gasteiger partial charge in [0.25, 0.3) is 5.91 Å². The van der Waals surface area contributed by atoms with E-state index in [-0.39, 0.29) is 11.5 Å². The number of nitrogens with two attached hydrogens (primary N) is 3. The van der Waals surface area contributed by atoms with Crippen molar-refractivity contribution in [3.63, 3.8) is 0 Å². The number of carbonyl (C=O) groups is 1. The van der Waals surface area contributed by atoms with Crippen molar-refractivity contribution in [2.45, 2.75) is 0 Å². The number of primary amides is 1. The van der Waals surface area contributed by atoms with Crippen LogP contribution in [0.4, 0.5) is 0 Å². The highest BCUT2D eigenvalue weighted by molar-refractivity contribution is 5.91. The predicted octanol–water partition coefficient (Wildman–Crippen LogP) is -2.22. The summed E-state index contributed by atoms with van der Waals surface area (Å²) in [6.45, 7) is 0. The highest BCUT2D eigenvalue weighted by Crippen LogP contribution is 1.81. The van der Waals surface area contributed by atoms with E-state index in [1.165, 1.54) is 0 Å². The van der Waals surface area contributed by atoms with E-state index in [9.17, 15) is 4.79 Å². The van der Waals surface area contributed by atoms with Crippen molar-refractivity contribution >= 4 is 5.91 Å². The first kappa shape index (κ1) is 7.61. The van der Waals surface area contributed by atoms with Gasteiger partial charge in [0.1, 0.15) is 11.5 Å². The molecule has 0 aromatic heterocycles. The molecule has 0 unspecified atom stereocenters. The van der Waals surface area contributed by atoms with E-state index < -0.39 is 5.91 Å². The maximum Gasteiger partial charge on any atom is 0.268 e. The summed E-state index contributed by atoms with van der Waals surface area (Å²) in [5, 5.41) is 2.48. The van der Waals surface area contributed by atoms with Crippen molar-refractivity contribution in [2.75, 3.05) is 7.05 Å². The minimum Gasteiger partial charge on any atom is -0.391 e. The van der Waals surface area contributed by atoms with Crippen LogP contribution in [0.5, 0.6) is 0 Å². The molecule has 0 aliphatic rings. The van der Waals surface area contributed by atoms with Crippen LogP contribution in [-0.4, -0.2) is 13.0 Å². The van der Waals surface area contributed by atoms with E-state index in [1.54, 1.807) is 7.05 Å². The Morgan fingerprint density at radius 1 is 1.33 bits per heavy atom. The maximum atomic E-state index is 10.2. The summed E-state index contributed by atoms with van der Waals surface area (Å²) in [5.41, 5.74) is 14.9. The Morgan fingerprint density at radius 2 is 1.78 bits per heavy atom. The number of nitrogens with one attached hydrogen (secondary N) is 1. The molecule has 7 N–H and O–H groups in total. The maximum absolute atomic E-state index is 10.2. The van der Waals surface area contributed by atoms with E-state index >= 15 is 0 Å². The molecule has 0 fully saturated rings. The molecule has 0 bridgehead atoms. The van der Waals surface area contributed by atoms with Crippen LogP contribution in [0.1, 0.15) is 0 Å². The summed E-state index contributed by atoms with van der Waals surface area (Å²) in [4.78, 5) is 10.2. The number of rotatable bonds is 2. The Hall–Kier alpha value is -1.39. The van der Waals surface area contributed by atoms with E-state index in [0.29, 0.717) is 0 Å². The zero-order valence-electron chi connectivity index (χ0n) is 5.14. The van der Waals surface area contributed by atoms with Crippen molar-refractivity contribution < 1.29 is 4.79 Å². The Bertz CT molecular complexity index is 151. The zero-order chi connectivity index (χ0) is 7.44. The van der Waals surface area contributed by atoms with Gasteiger partial charge in [-0.25, -0.2) is 0 Å². The molecule has 5 nitrogen and oxygen atoms in total. The molecule has 0 atom stereocenters. The van der Waals surface area contributed by atoms with Crippen LogP contribution in [-0.2, 0) is 4.79 Å². The van der Waals surface area contributed by atoms with E-state index in [1.807, 2.05) is 0 Å². The lowest BCUT2D eigenvalue weighted by Crippen LogP contribution is -2.29. The fraction of sp³-hybridized carbons (Fsp3) is 0.250. The first-order chi connectivity index (χ1) is 4.09. The molecule has 0 saturated carbocycles. The molecule has 0 radical (unpaired) electrons. The van der Waals surface area contributed by atoms with Gasteiger partial charge in [-0.15, -0.1) is 0 Å². The minimum atomic E-state index is -0.721. The summed E-state index contributed by atoms with van der Waals surface area (Å²) in [6, 6.07) is 0. The fourth-order valence-corrected chi connectivity index (χ4v) is 0.267. The SMILES string of the molecule is CNC(N)=C(N)C(N)=O. The average Bonchev–Trinajstić information content (AvgIpc) is 1.84. The highest BCUT2D eigenvalue weighted by Gasteiger charge is 2.01. The summed E-state index contributed by atoms with van der Waals surface area (Å²) >= 11 is 0. The smallest absolute Gasteiger partial charge is 0.268 e. The lowest BCUT2D eigenvalue weighted by atomic mass is 10.4. The molecule has 0 heterocycles. The minimum absolute atomic E-state index is 0.0995. The van der Waals surface area contributed by atoms with Gasteiger partial charge >= 0.3 is 0 Å². The molecule has 9 heavy (non-hydrogen) atoms. The molecule has 0 saturated heterocycles. The van der Waals surface area contributed by atoms with Gasteiger partial charge in [-0.1, -0.05) is 0 Å². The monoisotopic (exact) mass is 130 g/mol. The van der Waals surface area contributed by atoms with Crippen LogP contribution < -0.4 is 22.5 Å². The highest BCUT2D eigenvalue weighted by atomic mass is 16.1. The van der Waals surface area contributed by atoms with E-state index in [0.717, 1.165) is 0 Å². The van der Waals surface area contributed by atoms with Crippen LogP contribution in [0.15, 0.2) is 11.5 Å². The molecule has 0 aliphatic heterocycles. The van der Waals surface area contributed by atoms with Crippen molar-refractivity contribution in [1.82, 2.24) is 5.32 Å². The zero-order valence-corrected chi connectivity index (χ0v) is 5.14.